The summed E-state index contributed by atoms with van der Waals surface area (Å²) in [5.41, 5.74) is 1.13. The van der Waals surface area contributed by atoms with Gasteiger partial charge in [-0.05, 0) is 37.5 Å². The number of carboxylic acids is 1. The average molecular weight is 361 g/mol. The highest BCUT2D eigenvalue weighted by molar-refractivity contribution is 5.83. The Hall–Kier alpha value is -2.83. The predicted molar refractivity (Wildman–Crippen MR) is 96.6 cm³/mol. The molecule has 140 valence electrons. The molecule has 2 aromatic rings. The van der Waals surface area contributed by atoms with Crippen molar-refractivity contribution in [1.82, 2.24) is 4.90 Å². The van der Waals surface area contributed by atoms with Crippen LogP contribution in [0.4, 0.5) is 0 Å². The van der Waals surface area contributed by atoms with Gasteiger partial charge in [-0.3, -0.25) is 9.59 Å². The monoisotopic (exact) mass is 361 g/mol. The third-order valence-electron chi connectivity index (χ3n) is 4.26. The molecule has 7 heteroatoms. The predicted octanol–water partition coefficient (Wildman–Crippen LogP) is 2.37. The van der Waals surface area contributed by atoms with Crippen molar-refractivity contribution in [1.29, 1.82) is 0 Å². The number of carbonyl (C=O) groups is 2. The first-order valence-corrected chi connectivity index (χ1v) is 8.47. The van der Waals surface area contributed by atoms with E-state index in [1.165, 1.54) is 12.0 Å². The number of carboxylic acid groups (broad SMARTS) is 1. The molecule has 1 aromatic heterocycles. The number of carbonyl (C=O) groups excluding carboxylic acids is 1. The smallest absolute Gasteiger partial charge is 0.339 e. The van der Waals surface area contributed by atoms with Gasteiger partial charge in [-0.15, -0.1) is 0 Å². The summed E-state index contributed by atoms with van der Waals surface area (Å²) >= 11 is 0. The molecule has 0 fully saturated rings. The second-order valence-electron chi connectivity index (χ2n) is 6.06. The highest BCUT2D eigenvalue weighted by Crippen LogP contribution is 2.24. The Morgan fingerprint density at radius 1 is 1.31 bits per heavy atom. The number of aliphatic carboxylic acids is 1. The zero-order valence-corrected chi connectivity index (χ0v) is 15.2. The SMILES string of the molecule is CCCN(CC(=O)O)C(=O)CCc1c(C)c2ccc(OC)cc2oc1=O. The van der Waals surface area contributed by atoms with Crippen molar-refractivity contribution in [3.63, 3.8) is 0 Å². The maximum absolute atomic E-state index is 12.3. The number of benzene rings is 1. The van der Waals surface area contributed by atoms with Gasteiger partial charge in [0.05, 0.1) is 7.11 Å². The van der Waals surface area contributed by atoms with E-state index < -0.39 is 11.6 Å². The van der Waals surface area contributed by atoms with Crippen LogP contribution in [0.5, 0.6) is 5.75 Å². The Bertz CT molecular complexity index is 870. The summed E-state index contributed by atoms with van der Waals surface area (Å²) in [6.45, 7) is 3.72. The van der Waals surface area contributed by atoms with E-state index in [9.17, 15) is 14.4 Å². The van der Waals surface area contributed by atoms with Crippen LogP contribution < -0.4 is 10.4 Å². The number of rotatable bonds is 8. The van der Waals surface area contributed by atoms with E-state index >= 15 is 0 Å². The molecule has 0 saturated carbocycles. The van der Waals surface area contributed by atoms with E-state index in [0.29, 0.717) is 29.9 Å². The van der Waals surface area contributed by atoms with Crippen LogP contribution in [-0.2, 0) is 16.0 Å². The molecular weight excluding hydrogens is 338 g/mol. The normalized spacial score (nSPS) is 10.7. The largest absolute Gasteiger partial charge is 0.497 e. The summed E-state index contributed by atoms with van der Waals surface area (Å²) in [6.07, 6.45) is 0.924. The number of hydrogen-bond acceptors (Lipinski definition) is 5. The molecule has 1 amide bonds. The van der Waals surface area contributed by atoms with Crippen LogP contribution in [0.3, 0.4) is 0 Å². The molecule has 2 rings (SSSR count). The van der Waals surface area contributed by atoms with E-state index in [2.05, 4.69) is 0 Å². The average Bonchev–Trinajstić information content (AvgIpc) is 2.60. The number of nitrogens with zero attached hydrogens (tertiary/aromatic N) is 1. The van der Waals surface area contributed by atoms with E-state index in [-0.39, 0.29) is 25.3 Å². The summed E-state index contributed by atoms with van der Waals surface area (Å²) in [7, 11) is 1.53. The maximum atomic E-state index is 12.3. The van der Waals surface area contributed by atoms with Gasteiger partial charge in [0.2, 0.25) is 5.91 Å². The number of fused-ring (bicyclic) bond motifs is 1. The van der Waals surface area contributed by atoms with Gasteiger partial charge < -0.3 is 19.2 Å². The van der Waals surface area contributed by atoms with Crippen LogP contribution >= 0.6 is 0 Å². The minimum absolute atomic E-state index is 0.0561. The molecule has 1 aromatic carbocycles. The fraction of sp³-hybridized carbons (Fsp3) is 0.421. The zero-order chi connectivity index (χ0) is 19.3. The lowest BCUT2D eigenvalue weighted by Crippen LogP contribution is -2.36. The number of aryl methyl sites for hydroxylation is 1. The third-order valence-corrected chi connectivity index (χ3v) is 4.26. The summed E-state index contributed by atoms with van der Waals surface area (Å²) in [6, 6.07) is 5.24. The van der Waals surface area contributed by atoms with Crippen molar-refractivity contribution in [3.05, 3.63) is 39.7 Å². The van der Waals surface area contributed by atoms with Gasteiger partial charge in [0.25, 0.3) is 0 Å². The standard InChI is InChI=1S/C19H23NO6/c1-4-9-20(11-18(22)23)17(21)8-7-15-12(2)14-6-5-13(25-3)10-16(14)26-19(15)24/h5-6,10H,4,7-9,11H2,1-3H3,(H,22,23). The lowest BCUT2D eigenvalue weighted by atomic mass is 10.0. The van der Waals surface area contributed by atoms with Crippen molar-refractivity contribution < 1.29 is 23.8 Å². The Kier molecular flexibility index (Phi) is 6.38. The Labute approximate surface area is 151 Å². The quantitative estimate of drug-likeness (QED) is 0.725. The van der Waals surface area contributed by atoms with E-state index in [1.54, 1.807) is 12.1 Å². The minimum Gasteiger partial charge on any atom is -0.497 e. The Morgan fingerprint density at radius 3 is 2.65 bits per heavy atom. The number of amides is 1. The van der Waals surface area contributed by atoms with Crippen LogP contribution in [0.1, 0.15) is 30.9 Å². The lowest BCUT2D eigenvalue weighted by Gasteiger charge is -2.20. The van der Waals surface area contributed by atoms with Crippen LogP contribution in [0.15, 0.2) is 27.4 Å². The van der Waals surface area contributed by atoms with Gasteiger partial charge in [0.15, 0.2) is 0 Å². The Balaban J connectivity index is 2.23. The molecule has 0 aliphatic heterocycles. The topological polar surface area (TPSA) is 97.1 Å². The Morgan fingerprint density at radius 2 is 2.04 bits per heavy atom. The van der Waals surface area contributed by atoms with E-state index in [4.69, 9.17) is 14.3 Å². The van der Waals surface area contributed by atoms with Gasteiger partial charge in [0.1, 0.15) is 17.9 Å². The molecule has 0 aliphatic carbocycles. The second-order valence-corrected chi connectivity index (χ2v) is 6.06. The fourth-order valence-corrected chi connectivity index (χ4v) is 2.91. The van der Waals surface area contributed by atoms with Gasteiger partial charge in [-0.2, -0.15) is 0 Å². The molecule has 7 nitrogen and oxygen atoms in total. The third kappa shape index (κ3) is 4.41. The lowest BCUT2D eigenvalue weighted by molar-refractivity contribution is -0.144. The van der Waals surface area contributed by atoms with Gasteiger partial charge in [-0.25, -0.2) is 4.79 Å². The van der Waals surface area contributed by atoms with Crippen LogP contribution in [0, 0.1) is 6.92 Å². The molecule has 0 atom stereocenters. The minimum atomic E-state index is -1.05. The van der Waals surface area contributed by atoms with Crippen molar-refractivity contribution in [3.8, 4) is 5.75 Å². The molecule has 1 N–H and O–H groups in total. The molecule has 0 saturated heterocycles. The van der Waals surface area contributed by atoms with Crippen LogP contribution in [0.25, 0.3) is 11.0 Å². The zero-order valence-electron chi connectivity index (χ0n) is 15.2. The highest BCUT2D eigenvalue weighted by atomic mass is 16.5. The molecular formula is C19H23NO6. The molecule has 26 heavy (non-hydrogen) atoms. The molecule has 0 aliphatic rings. The summed E-state index contributed by atoms with van der Waals surface area (Å²) in [5.74, 6) is -0.753. The molecule has 1 heterocycles. The summed E-state index contributed by atoms with van der Waals surface area (Å²) in [5, 5.41) is 9.71. The molecule has 0 spiro atoms. The van der Waals surface area contributed by atoms with Crippen molar-refractivity contribution in [2.24, 2.45) is 0 Å². The van der Waals surface area contributed by atoms with Crippen molar-refractivity contribution >= 4 is 22.8 Å². The molecule has 0 bridgehead atoms. The number of hydrogen-bond donors (Lipinski definition) is 1. The molecule has 0 radical (unpaired) electrons. The molecule has 0 unspecified atom stereocenters. The van der Waals surface area contributed by atoms with E-state index in [1.807, 2.05) is 19.9 Å². The first-order chi connectivity index (χ1) is 12.4. The summed E-state index contributed by atoms with van der Waals surface area (Å²) in [4.78, 5) is 36.8. The van der Waals surface area contributed by atoms with Crippen molar-refractivity contribution in [2.75, 3.05) is 20.2 Å². The fourth-order valence-electron chi connectivity index (χ4n) is 2.91. The van der Waals surface area contributed by atoms with Gasteiger partial charge in [-0.1, -0.05) is 6.92 Å². The van der Waals surface area contributed by atoms with Crippen LogP contribution in [0.2, 0.25) is 0 Å². The van der Waals surface area contributed by atoms with E-state index in [0.717, 1.165) is 10.9 Å². The number of ether oxygens (including phenoxy) is 1. The van der Waals surface area contributed by atoms with Crippen molar-refractivity contribution in [2.45, 2.75) is 33.1 Å². The maximum Gasteiger partial charge on any atom is 0.339 e. The van der Waals surface area contributed by atoms with Crippen LogP contribution in [-0.4, -0.2) is 42.1 Å². The highest BCUT2D eigenvalue weighted by Gasteiger charge is 2.18. The number of methoxy groups -OCH3 is 1. The van der Waals surface area contributed by atoms with Gasteiger partial charge in [0, 0.05) is 30.0 Å². The van der Waals surface area contributed by atoms with Gasteiger partial charge >= 0.3 is 11.6 Å². The second kappa shape index (κ2) is 8.51. The first kappa shape index (κ1) is 19.5. The first-order valence-electron chi connectivity index (χ1n) is 8.47. The summed E-state index contributed by atoms with van der Waals surface area (Å²) < 4.78 is 10.5.